The third kappa shape index (κ3) is 3.93. The van der Waals surface area contributed by atoms with Crippen LogP contribution in [0.3, 0.4) is 0 Å². The summed E-state index contributed by atoms with van der Waals surface area (Å²) in [6.07, 6.45) is 0.612. The zero-order chi connectivity index (χ0) is 24.9. The number of piperazine rings is 1. The number of benzene rings is 3. The van der Waals surface area contributed by atoms with Gasteiger partial charge in [-0.25, -0.2) is 4.79 Å². The summed E-state index contributed by atoms with van der Waals surface area (Å²) in [5.74, 6) is 0.731. The number of hydrogen-bond acceptors (Lipinski definition) is 4. The Morgan fingerprint density at radius 2 is 1.72 bits per heavy atom. The number of urea groups is 1. The third-order valence-corrected chi connectivity index (χ3v) is 7.54. The highest BCUT2D eigenvalue weighted by Crippen LogP contribution is 2.45. The largest absolute Gasteiger partial charge is 0.467 e. The average Bonchev–Trinajstić information content (AvgIpc) is 2.88. The first-order valence-electron chi connectivity index (χ1n) is 12.2. The number of para-hydroxylation sites is 1. The Morgan fingerprint density at radius 1 is 0.972 bits per heavy atom. The van der Waals surface area contributed by atoms with Crippen LogP contribution in [0.4, 0.5) is 16.2 Å². The first-order valence-corrected chi connectivity index (χ1v) is 12.6. The van der Waals surface area contributed by atoms with E-state index in [1.54, 1.807) is 17.0 Å². The van der Waals surface area contributed by atoms with Crippen LogP contribution in [0.15, 0.2) is 72.8 Å². The lowest BCUT2D eigenvalue weighted by molar-refractivity contribution is 0.0378. The maximum atomic E-state index is 13.4. The molecular weight excluding hydrogens is 476 g/mol. The molecular formula is C28H27ClN4O3. The van der Waals surface area contributed by atoms with E-state index in [4.69, 9.17) is 16.3 Å². The van der Waals surface area contributed by atoms with Crippen LogP contribution in [0.25, 0.3) is 0 Å². The van der Waals surface area contributed by atoms with Crippen molar-refractivity contribution < 1.29 is 14.3 Å². The van der Waals surface area contributed by atoms with Crippen LogP contribution >= 0.6 is 11.6 Å². The molecule has 3 aromatic rings. The molecule has 3 heterocycles. The van der Waals surface area contributed by atoms with Gasteiger partial charge < -0.3 is 19.9 Å². The average molecular weight is 503 g/mol. The fourth-order valence-corrected chi connectivity index (χ4v) is 5.62. The summed E-state index contributed by atoms with van der Waals surface area (Å²) in [7, 11) is 0. The number of carbonyl (C=O) groups excluding carboxylic acids is 2. The molecule has 0 aliphatic carbocycles. The molecule has 7 nitrogen and oxygen atoms in total. The van der Waals surface area contributed by atoms with Gasteiger partial charge in [0, 0.05) is 54.4 Å². The van der Waals surface area contributed by atoms with Gasteiger partial charge in [-0.3, -0.25) is 9.69 Å². The van der Waals surface area contributed by atoms with E-state index in [0.29, 0.717) is 35.8 Å². The second kappa shape index (κ2) is 8.75. The molecule has 3 aromatic carbocycles. The number of rotatable bonds is 3. The molecule has 2 fully saturated rings. The van der Waals surface area contributed by atoms with E-state index in [1.165, 1.54) is 0 Å². The minimum Gasteiger partial charge on any atom is -0.467 e. The van der Waals surface area contributed by atoms with Crippen molar-refractivity contribution in [2.24, 2.45) is 0 Å². The highest BCUT2D eigenvalue weighted by molar-refractivity contribution is 6.30. The van der Waals surface area contributed by atoms with Crippen LogP contribution in [0.2, 0.25) is 5.02 Å². The lowest BCUT2D eigenvalue weighted by Crippen LogP contribution is -2.65. The molecule has 0 saturated carbocycles. The van der Waals surface area contributed by atoms with Crippen molar-refractivity contribution in [3.8, 4) is 5.75 Å². The smallest absolute Gasteiger partial charge is 0.325 e. The highest BCUT2D eigenvalue weighted by Gasteiger charge is 2.49. The van der Waals surface area contributed by atoms with E-state index in [1.807, 2.05) is 72.5 Å². The summed E-state index contributed by atoms with van der Waals surface area (Å²) < 4.78 is 6.36. The lowest BCUT2D eigenvalue weighted by atomic mass is 9.90. The van der Waals surface area contributed by atoms with E-state index < -0.39 is 5.72 Å². The molecule has 0 aromatic heterocycles. The summed E-state index contributed by atoms with van der Waals surface area (Å²) in [5.41, 5.74) is 2.43. The fraction of sp³-hybridized carbons (Fsp3) is 0.286. The second-order valence-corrected chi connectivity index (χ2v) is 10.1. The minimum atomic E-state index is -0.854. The molecule has 3 amide bonds. The van der Waals surface area contributed by atoms with Crippen molar-refractivity contribution in [3.63, 3.8) is 0 Å². The number of fused-ring (bicyclic) bond motifs is 4. The molecule has 0 unspecified atom stereocenters. The molecule has 36 heavy (non-hydrogen) atoms. The van der Waals surface area contributed by atoms with Crippen molar-refractivity contribution in [1.82, 2.24) is 10.2 Å². The predicted molar refractivity (Wildman–Crippen MR) is 140 cm³/mol. The van der Waals surface area contributed by atoms with Crippen LogP contribution in [-0.4, -0.2) is 48.7 Å². The van der Waals surface area contributed by atoms with Crippen LogP contribution in [0.1, 0.15) is 35.3 Å². The summed E-state index contributed by atoms with van der Waals surface area (Å²) in [4.78, 5) is 32.4. The number of carbonyl (C=O) groups is 2. The van der Waals surface area contributed by atoms with Crippen LogP contribution < -0.4 is 19.9 Å². The third-order valence-electron chi connectivity index (χ3n) is 7.29. The van der Waals surface area contributed by atoms with Crippen LogP contribution in [0.5, 0.6) is 5.75 Å². The number of nitrogens with one attached hydrogen (secondary N) is 1. The molecule has 3 aliphatic rings. The maximum absolute atomic E-state index is 13.4. The normalized spacial score (nSPS) is 23.0. The number of amides is 3. The van der Waals surface area contributed by atoms with E-state index in [9.17, 15) is 9.59 Å². The topological polar surface area (TPSA) is 65.1 Å². The Hall–Kier alpha value is -3.71. The minimum absolute atomic E-state index is 0.0389. The van der Waals surface area contributed by atoms with Gasteiger partial charge in [0.15, 0.2) is 5.72 Å². The van der Waals surface area contributed by atoms with Crippen LogP contribution in [-0.2, 0) is 0 Å². The van der Waals surface area contributed by atoms with E-state index in [2.05, 4.69) is 10.2 Å². The number of halogens is 1. The van der Waals surface area contributed by atoms with Gasteiger partial charge in [0.25, 0.3) is 5.91 Å². The molecule has 184 valence electrons. The first-order chi connectivity index (χ1) is 17.4. The Kier molecular flexibility index (Phi) is 5.52. The summed E-state index contributed by atoms with van der Waals surface area (Å²) in [6.45, 7) is 4.66. The number of hydrogen-bond donors (Lipinski definition) is 1. The van der Waals surface area contributed by atoms with E-state index in [-0.39, 0.29) is 18.0 Å². The first kappa shape index (κ1) is 22.7. The molecule has 8 heteroatoms. The Bertz CT molecular complexity index is 1320. The van der Waals surface area contributed by atoms with Gasteiger partial charge in [-0.2, -0.15) is 0 Å². The van der Waals surface area contributed by atoms with Crippen molar-refractivity contribution >= 4 is 34.9 Å². The zero-order valence-corrected chi connectivity index (χ0v) is 20.7. The van der Waals surface area contributed by atoms with Gasteiger partial charge in [-0.1, -0.05) is 35.9 Å². The number of nitrogens with zero attached hydrogens (tertiary/aromatic N) is 3. The molecule has 0 radical (unpaired) electrons. The van der Waals surface area contributed by atoms with Crippen molar-refractivity contribution in [2.75, 3.05) is 36.0 Å². The highest BCUT2D eigenvalue weighted by atomic mass is 35.5. The van der Waals surface area contributed by atoms with Crippen LogP contribution in [0, 0.1) is 0 Å². The zero-order valence-electron chi connectivity index (χ0n) is 20.0. The quantitative estimate of drug-likeness (QED) is 0.543. The van der Waals surface area contributed by atoms with E-state index in [0.717, 1.165) is 30.1 Å². The van der Waals surface area contributed by atoms with Gasteiger partial charge >= 0.3 is 6.03 Å². The molecule has 2 saturated heterocycles. The number of anilines is 2. The Morgan fingerprint density at radius 3 is 2.50 bits per heavy atom. The summed E-state index contributed by atoms with van der Waals surface area (Å²) >= 11 is 6.01. The van der Waals surface area contributed by atoms with Crippen molar-refractivity contribution in [2.45, 2.75) is 25.1 Å². The molecule has 2 atom stereocenters. The SMILES string of the molecule is C[C@@]12C[C@@H](NC(=O)N1c1cccc(C(=O)N3CCN(c4ccc(Cl)cc4)CC3)c1)c1ccccc1O2. The Balaban J connectivity index is 1.20. The fourth-order valence-electron chi connectivity index (χ4n) is 5.49. The predicted octanol–water partition coefficient (Wildman–Crippen LogP) is 5.07. The summed E-state index contributed by atoms with van der Waals surface area (Å²) in [6, 6.07) is 22.5. The standard InChI is InChI=1S/C28H27ClN4O3/c1-28-18-24(23-7-2-3-8-25(23)36-28)30-27(35)33(28)22-6-4-5-19(17-22)26(34)32-15-13-31(14-16-32)21-11-9-20(29)10-12-21/h2-12,17,24H,13-16,18H2,1H3,(H,30,35)/t24-,28-/m1/s1. The molecule has 0 spiro atoms. The lowest BCUT2D eigenvalue weighted by Gasteiger charge is -2.50. The summed E-state index contributed by atoms with van der Waals surface area (Å²) in [5, 5.41) is 3.82. The number of ether oxygens (including phenoxy) is 1. The van der Waals surface area contributed by atoms with Gasteiger partial charge in [0.05, 0.1) is 11.7 Å². The maximum Gasteiger partial charge on any atom is 0.325 e. The van der Waals surface area contributed by atoms with Gasteiger partial charge in [-0.05, 0) is 55.5 Å². The molecule has 6 rings (SSSR count). The van der Waals surface area contributed by atoms with E-state index >= 15 is 0 Å². The van der Waals surface area contributed by atoms with Gasteiger partial charge in [0.1, 0.15) is 5.75 Å². The molecule has 2 bridgehead atoms. The monoisotopic (exact) mass is 502 g/mol. The van der Waals surface area contributed by atoms with Gasteiger partial charge in [0.2, 0.25) is 0 Å². The van der Waals surface area contributed by atoms with Gasteiger partial charge in [-0.15, -0.1) is 0 Å². The van der Waals surface area contributed by atoms with Crippen molar-refractivity contribution in [3.05, 3.63) is 88.9 Å². The molecule has 1 N–H and O–H groups in total. The van der Waals surface area contributed by atoms with Crippen molar-refractivity contribution in [1.29, 1.82) is 0 Å². The molecule has 3 aliphatic heterocycles. The Labute approximate surface area is 215 Å². The second-order valence-electron chi connectivity index (χ2n) is 9.66.